The normalized spacial score (nSPS) is 12.1. The molecule has 1 unspecified atom stereocenters. The van der Waals surface area contributed by atoms with Crippen molar-refractivity contribution < 1.29 is 4.74 Å². The van der Waals surface area contributed by atoms with Crippen molar-refractivity contribution in [1.82, 2.24) is 15.0 Å². The van der Waals surface area contributed by atoms with Gasteiger partial charge < -0.3 is 21.5 Å². The zero-order valence-electron chi connectivity index (χ0n) is 18.7. The molecule has 3 rings (SSSR count). The lowest BCUT2D eigenvalue weighted by Crippen LogP contribution is -2.22. The van der Waals surface area contributed by atoms with E-state index in [-0.39, 0.29) is 12.0 Å². The maximum Gasteiger partial charge on any atom is 0.185 e. The minimum atomic E-state index is 0.152. The van der Waals surface area contributed by atoms with Gasteiger partial charge in [-0.2, -0.15) is 0 Å². The van der Waals surface area contributed by atoms with E-state index in [0.717, 1.165) is 53.8 Å². The summed E-state index contributed by atoms with van der Waals surface area (Å²) in [6.45, 7) is 2.83. The predicted octanol–water partition coefficient (Wildman–Crippen LogP) is 3.84. The molecule has 8 nitrogen and oxygen atoms in total. The molecule has 0 amide bonds. The Labute approximate surface area is 188 Å². The average Bonchev–Trinajstić information content (AvgIpc) is 2.80. The van der Waals surface area contributed by atoms with Gasteiger partial charge in [-0.3, -0.25) is 9.98 Å². The molecule has 3 aromatic rings. The Morgan fingerprint density at radius 2 is 2.00 bits per heavy atom. The van der Waals surface area contributed by atoms with E-state index in [9.17, 15) is 0 Å². The van der Waals surface area contributed by atoms with Gasteiger partial charge in [-0.15, -0.1) is 0 Å². The number of nitrogens with zero attached hydrogens (tertiary/aromatic N) is 4. The molecule has 1 aromatic carbocycles. The van der Waals surface area contributed by atoms with Gasteiger partial charge in [0.2, 0.25) is 0 Å². The molecule has 2 heterocycles. The molecular formula is C24H31N7O. The molecule has 0 spiro atoms. The Morgan fingerprint density at radius 1 is 1.12 bits per heavy atom. The molecular weight excluding hydrogens is 402 g/mol. The third-order valence-corrected chi connectivity index (χ3v) is 4.98. The van der Waals surface area contributed by atoms with Crippen LogP contribution in [0.2, 0.25) is 0 Å². The van der Waals surface area contributed by atoms with Gasteiger partial charge in [0.1, 0.15) is 11.6 Å². The Morgan fingerprint density at radius 3 is 2.75 bits per heavy atom. The smallest absolute Gasteiger partial charge is 0.185 e. The number of rotatable bonds is 11. The molecule has 5 N–H and O–H groups in total. The average molecular weight is 434 g/mol. The highest BCUT2D eigenvalue weighted by molar-refractivity contribution is 5.91. The third kappa shape index (κ3) is 6.94. The summed E-state index contributed by atoms with van der Waals surface area (Å²) in [6, 6.07) is 11.9. The lowest BCUT2D eigenvalue weighted by Gasteiger charge is -2.17. The zero-order chi connectivity index (χ0) is 22.8. The number of aromatic nitrogens is 3. The highest BCUT2D eigenvalue weighted by Crippen LogP contribution is 2.26. The van der Waals surface area contributed by atoms with Gasteiger partial charge >= 0.3 is 0 Å². The molecule has 0 bridgehead atoms. The number of anilines is 1. The molecule has 0 saturated heterocycles. The van der Waals surface area contributed by atoms with Crippen LogP contribution < -0.4 is 21.5 Å². The van der Waals surface area contributed by atoms with E-state index in [1.807, 2.05) is 48.6 Å². The van der Waals surface area contributed by atoms with Crippen molar-refractivity contribution in [3.63, 3.8) is 0 Å². The first-order chi connectivity index (χ1) is 15.5. The number of aliphatic imine (C=N–C) groups is 1. The second-order valence-electron chi connectivity index (χ2n) is 7.60. The number of unbranched alkanes of at least 4 members (excludes halogenated alkanes) is 2. The molecule has 0 saturated carbocycles. The van der Waals surface area contributed by atoms with Crippen molar-refractivity contribution >= 4 is 34.8 Å². The van der Waals surface area contributed by atoms with E-state index in [2.05, 4.69) is 27.2 Å². The van der Waals surface area contributed by atoms with Gasteiger partial charge in [-0.25, -0.2) is 9.97 Å². The number of nitrogens with one attached hydrogen (secondary N) is 1. The van der Waals surface area contributed by atoms with Gasteiger partial charge in [-0.1, -0.05) is 18.9 Å². The Bertz CT molecular complexity index is 1060. The number of ether oxygens (including phenoxy) is 1. The van der Waals surface area contributed by atoms with Gasteiger partial charge in [0.15, 0.2) is 11.8 Å². The fraction of sp³-hybridized carbons (Fsp3) is 0.333. The number of pyridine rings is 1. The topological polar surface area (TPSA) is 124 Å². The summed E-state index contributed by atoms with van der Waals surface area (Å²) in [5, 5.41) is 4.49. The zero-order valence-corrected chi connectivity index (χ0v) is 18.7. The minimum absolute atomic E-state index is 0.152. The van der Waals surface area contributed by atoms with Gasteiger partial charge in [-0.05, 0) is 62.2 Å². The highest BCUT2D eigenvalue weighted by atomic mass is 16.5. The minimum Gasteiger partial charge on any atom is -0.497 e. The second kappa shape index (κ2) is 11.6. The molecule has 1 atom stereocenters. The lowest BCUT2D eigenvalue weighted by atomic mass is 10.1. The summed E-state index contributed by atoms with van der Waals surface area (Å²) in [5.74, 6) is 2.34. The molecule has 0 aliphatic heterocycles. The van der Waals surface area contributed by atoms with Crippen molar-refractivity contribution in [3.8, 4) is 5.75 Å². The second-order valence-corrected chi connectivity index (χ2v) is 7.60. The van der Waals surface area contributed by atoms with Crippen molar-refractivity contribution in [2.45, 2.75) is 38.6 Å². The van der Waals surface area contributed by atoms with E-state index >= 15 is 0 Å². The van der Waals surface area contributed by atoms with Crippen LogP contribution in [-0.2, 0) is 0 Å². The number of fused-ring (bicyclic) bond motifs is 1. The van der Waals surface area contributed by atoms with Gasteiger partial charge in [0.25, 0.3) is 0 Å². The number of guanidine groups is 1. The van der Waals surface area contributed by atoms with Crippen LogP contribution >= 0.6 is 0 Å². The summed E-state index contributed by atoms with van der Waals surface area (Å²) in [5.41, 5.74) is 12.4. The maximum absolute atomic E-state index is 5.40. The molecule has 0 fully saturated rings. The van der Waals surface area contributed by atoms with Crippen molar-refractivity contribution in [1.29, 1.82) is 0 Å². The lowest BCUT2D eigenvalue weighted by molar-refractivity contribution is 0.415. The quantitative estimate of drug-likeness (QED) is 0.238. The molecule has 32 heavy (non-hydrogen) atoms. The van der Waals surface area contributed by atoms with Crippen LogP contribution in [0.1, 0.15) is 44.1 Å². The Balaban J connectivity index is 1.74. The van der Waals surface area contributed by atoms with Crippen molar-refractivity contribution in [3.05, 3.63) is 54.1 Å². The van der Waals surface area contributed by atoms with Crippen LogP contribution in [0.3, 0.4) is 0 Å². The number of hydrogen-bond donors (Lipinski definition) is 3. The van der Waals surface area contributed by atoms with Crippen LogP contribution in [-0.4, -0.2) is 40.6 Å². The van der Waals surface area contributed by atoms with Crippen LogP contribution in [0.25, 0.3) is 23.1 Å². The van der Waals surface area contributed by atoms with E-state index in [1.54, 1.807) is 13.3 Å². The number of benzene rings is 1. The molecule has 168 valence electrons. The highest BCUT2D eigenvalue weighted by Gasteiger charge is 2.11. The van der Waals surface area contributed by atoms with Gasteiger partial charge in [0, 0.05) is 24.2 Å². The summed E-state index contributed by atoms with van der Waals surface area (Å²) in [7, 11) is 1.66. The monoisotopic (exact) mass is 433 g/mol. The van der Waals surface area contributed by atoms with Gasteiger partial charge in [0.05, 0.1) is 18.3 Å². The summed E-state index contributed by atoms with van der Waals surface area (Å²) >= 11 is 0. The SMILES string of the molecule is COc1ccc2nc(/C=C/c3ccccn3)nc(NC(C)CCCCCN=C(N)N)c2c1. The molecule has 0 aliphatic rings. The van der Waals surface area contributed by atoms with Crippen LogP contribution in [0.15, 0.2) is 47.6 Å². The number of hydrogen-bond acceptors (Lipinski definition) is 6. The Kier molecular flexibility index (Phi) is 8.36. The van der Waals surface area contributed by atoms with Crippen molar-refractivity contribution in [2.24, 2.45) is 16.5 Å². The number of methoxy groups -OCH3 is 1. The van der Waals surface area contributed by atoms with E-state index in [4.69, 9.17) is 21.2 Å². The fourth-order valence-corrected chi connectivity index (χ4v) is 3.32. The largest absolute Gasteiger partial charge is 0.497 e. The predicted molar refractivity (Wildman–Crippen MR) is 131 cm³/mol. The first-order valence-electron chi connectivity index (χ1n) is 10.8. The van der Waals surface area contributed by atoms with Crippen LogP contribution in [0.5, 0.6) is 5.75 Å². The first-order valence-corrected chi connectivity index (χ1v) is 10.8. The van der Waals surface area contributed by atoms with E-state index < -0.39 is 0 Å². The fourth-order valence-electron chi connectivity index (χ4n) is 3.32. The molecule has 0 aliphatic carbocycles. The van der Waals surface area contributed by atoms with Crippen molar-refractivity contribution in [2.75, 3.05) is 19.0 Å². The van der Waals surface area contributed by atoms with E-state index in [1.165, 1.54) is 0 Å². The molecule has 2 aromatic heterocycles. The third-order valence-electron chi connectivity index (χ3n) is 4.98. The number of nitrogens with two attached hydrogens (primary N) is 2. The van der Waals surface area contributed by atoms with Crippen LogP contribution in [0, 0.1) is 0 Å². The molecule has 8 heteroatoms. The summed E-state index contributed by atoms with van der Waals surface area (Å²) < 4.78 is 5.40. The Hall–Kier alpha value is -3.68. The summed E-state index contributed by atoms with van der Waals surface area (Å²) in [6.07, 6.45) is 9.68. The standard InChI is InChI=1S/C24H31N7O/c1-17(8-4-3-6-15-28-24(25)26)29-23-20-16-19(32-2)11-12-21(20)30-22(31-23)13-10-18-9-5-7-14-27-18/h5,7,9-14,16-17H,3-4,6,8,15H2,1-2H3,(H4,25,26,28)(H,29,30,31)/b13-10+. The summed E-state index contributed by atoms with van der Waals surface area (Å²) in [4.78, 5) is 17.8. The maximum atomic E-state index is 5.40. The van der Waals surface area contributed by atoms with E-state index in [0.29, 0.717) is 12.4 Å². The van der Waals surface area contributed by atoms with Crippen LogP contribution in [0.4, 0.5) is 5.82 Å². The molecule has 0 radical (unpaired) electrons. The first kappa shape index (κ1) is 23.0.